The second-order valence-electron chi connectivity index (χ2n) is 4.49. The first-order valence-corrected chi connectivity index (χ1v) is 7.56. The first kappa shape index (κ1) is 16.6. The summed E-state index contributed by atoms with van der Waals surface area (Å²) in [5, 5.41) is 19.7. The van der Waals surface area contributed by atoms with Crippen LogP contribution >= 0.6 is 11.3 Å². The zero-order valence-corrected chi connectivity index (χ0v) is 13.2. The first-order valence-electron chi connectivity index (χ1n) is 6.74. The highest BCUT2D eigenvalue weighted by Gasteiger charge is 2.08. The number of aromatic nitrogens is 2. The lowest BCUT2D eigenvalue weighted by Crippen LogP contribution is -2.07. The van der Waals surface area contributed by atoms with E-state index in [1.807, 2.05) is 18.2 Å². The maximum atomic E-state index is 11.8. The Hall–Kier alpha value is -2.74. The topological polar surface area (TPSA) is 101 Å². The van der Waals surface area contributed by atoms with E-state index in [4.69, 9.17) is 9.84 Å². The van der Waals surface area contributed by atoms with Gasteiger partial charge in [0.1, 0.15) is 10.8 Å². The van der Waals surface area contributed by atoms with E-state index >= 15 is 0 Å². The highest BCUT2D eigenvalue weighted by molar-refractivity contribution is 7.15. The molecule has 0 radical (unpaired) electrons. The fourth-order valence-electron chi connectivity index (χ4n) is 1.68. The standard InChI is InChI=1S/C15H15N3O4S/c1-22-11-4-2-3-10(9-11)5-6-12(19)16-15-18-17-13(23-15)7-8-14(20)21/h2-6,9H,7-8H2,1H3,(H,20,21)(H,16,18,19)/b6-5+. The van der Waals surface area contributed by atoms with E-state index in [0.29, 0.717) is 22.3 Å². The van der Waals surface area contributed by atoms with Crippen molar-refractivity contribution < 1.29 is 19.4 Å². The van der Waals surface area contributed by atoms with Crippen molar-refractivity contribution in [3.8, 4) is 5.75 Å². The van der Waals surface area contributed by atoms with Crippen LogP contribution in [0, 0.1) is 0 Å². The fraction of sp³-hybridized carbons (Fsp3) is 0.200. The van der Waals surface area contributed by atoms with Crippen LogP contribution in [0.3, 0.4) is 0 Å². The maximum absolute atomic E-state index is 11.8. The van der Waals surface area contributed by atoms with Crippen LogP contribution in [0.15, 0.2) is 30.3 Å². The number of carboxylic acid groups (broad SMARTS) is 1. The maximum Gasteiger partial charge on any atom is 0.303 e. The van der Waals surface area contributed by atoms with Crippen LogP contribution < -0.4 is 10.1 Å². The molecule has 0 aliphatic carbocycles. The molecule has 2 rings (SSSR count). The van der Waals surface area contributed by atoms with E-state index in [1.165, 1.54) is 6.08 Å². The van der Waals surface area contributed by atoms with Crippen molar-refractivity contribution in [2.24, 2.45) is 0 Å². The van der Waals surface area contributed by atoms with Crippen LogP contribution in [-0.4, -0.2) is 34.3 Å². The summed E-state index contributed by atoms with van der Waals surface area (Å²) in [5.74, 6) is -0.527. The van der Waals surface area contributed by atoms with Crippen LogP contribution in [0.5, 0.6) is 5.75 Å². The molecule has 0 saturated heterocycles. The van der Waals surface area contributed by atoms with Gasteiger partial charge in [-0.05, 0) is 23.8 Å². The number of rotatable bonds is 7. The third-order valence-electron chi connectivity index (χ3n) is 2.77. The third-order valence-corrected chi connectivity index (χ3v) is 3.67. The zero-order chi connectivity index (χ0) is 16.7. The van der Waals surface area contributed by atoms with Gasteiger partial charge in [-0.3, -0.25) is 14.9 Å². The summed E-state index contributed by atoms with van der Waals surface area (Å²) >= 11 is 1.16. The molecule has 0 spiro atoms. The van der Waals surface area contributed by atoms with E-state index < -0.39 is 5.97 Å². The minimum absolute atomic E-state index is 0.0156. The van der Waals surface area contributed by atoms with E-state index in [-0.39, 0.29) is 12.3 Å². The molecule has 0 unspecified atom stereocenters. The molecule has 0 atom stereocenters. The molecule has 2 N–H and O–H groups in total. The van der Waals surface area contributed by atoms with Crippen LogP contribution in [0.1, 0.15) is 17.0 Å². The van der Waals surface area contributed by atoms with Crippen LogP contribution in [0.25, 0.3) is 6.08 Å². The fourth-order valence-corrected chi connectivity index (χ4v) is 2.43. The van der Waals surface area contributed by atoms with Gasteiger partial charge in [0.05, 0.1) is 13.5 Å². The quantitative estimate of drug-likeness (QED) is 0.753. The lowest BCUT2D eigenvalue weighted by molar-refractivity contribution is -0.137. The molecule has 0 aliphatic heterocycles. The molecule has 0 fully saturated rings. The molecule has 8 heteroatoms. The number of carbonyl (C=O) groups is 2. The van der Waals surface area contributed by atoms with Crippen molar-refractivity contribution in [2.45, 2.75) is 12.8 Å². The number of benzene rings is 1. The van der Waals surface area contributed by atoms with Gasteiger partial charge in [-0.1, -0.05) is 23.5 Å². The van der Waals surface area contributed by atoms with Gasteiger partial charge in [-0.15, -0.1) is 10.2 Å². The van der Waals surface area contributed by atoms with E-state index in [1.54, 1.807) is 19.3 Å². The summed E-state index contributed by atoms with van der Waals surface area (Å²) in [6.07, 6.45) is 3.32. The van der Waals surface area contributed by atoms with Crippen molar-refractivity contribution in [2.75, 3.05) is 12.4 Å². The zero-order valence-electron chi connectivity index (χ0n) is 12.4. The lowest BCUT2D eigenvalue weighted by atomic mass is 10.2. The van der Waals surface area contributed by atoms with Gasteiger partial charge < -0.3 is 9.84 Å². The van der Waals surface area contributed by atoms with Gasteiger partial charge in [0.2, 0.25) is 11.0 Å². The number of anilines is 1. The number of hydrogen-bond acceptors (Lipinski definition) is 6. The second kappa shape index (κ2) is 8.04. The summed E-state index contributed by atoms with van der Waals surface area (Å²) in [6, 6.07) is 7.30. The number of carboxylic acids is 1. The molecule has 1 amide bonds. The Balaban J connectivity index is 1.91. The average Bonchev–Trinajstić information content (AvgIpc) is 2.98. The molecular formula is C15H15N3O4S. The number of ether oxygens (including phenoxy) is 1. The largest absolute Gasteiger partial charge is 0.497 e. The molecule has 120 valence electrons. The van der Waals surface area contributed by atoms with Gasteiger partial charge in [0, 0.05) is 12.5 Å². The minimum atomic E-state index is -0.896. The Kier molecular flexibility index (Phi) is 5.81. The summed E-state index contributed by atoms with van der Waals surface area (Å²) in [5.41, 5.74) is 0.832. The number of nitrogens with one attached hydrogen (secondary N) is 1. The minimum Gasteiger partial charge on any atom is -0.497 e. The van der Waals surface area contributed by atoms with Gasteiger partial charge in [0.25, 0.3) is 0 Å². The molecule has 0 aliphatic rings. The summed E-state index contributed by atoms with van der Waals surface area (Å²) in [4.78, 5) is 22.3. The smallest absolute Gasteiger partial charge is 0.303 e. The predicted molar refractivity (Wildman–Crippen MR) is 86.5 cm³/mol. The Morgan fingerprint density at radius 3 is 2.96 bits per heavy atom. The molecule has 23 heavy (non-hydrogen) atoms. The van der Waals surface area contributed by atoms with E-state index in [9.17, 15) is 9.59 Å². The average molecular weight is 333 g/mol. The molecule has 0 bridgehead atoms. The molecular weight excluding hydrogens is 318 g/mol. The summed E-state index contributed by atoms with van der Waals surface area (Å²) in [6.45, 7) is 0. The van der Waals surface area contributed by atoms with Gasteiger partial charge >= 0.3 is 5.97 Å². The van der Waals surface area contributed by atoms with E-state index in [0.717, 1.165) is 16.9 Å². The van der Waals surface area contributed by atoms with Crippen molar-refractivity contribution in [1.29, 1.82) is 0 Å². The van der Waals surface area contributed by atoms with Crippen LogP contribution in [0.4, 0.5) is 5.13 Å². The Labute approximate surface area is 136 Å². The second-order valence-corrected chi connectivity index (χ2v) is 5.56. The molecule has 7 nitrogen and oxygen atoms in total. The Bertz CT molecular complexity index is 727. The third kappa shape index (κ3) is 5.51. The number of methoxy groups -OCH3 is 1. The normalized spacial score (nSPS) is 10.7. The predicted octanol–water partition coefficient (Wildman–Crippen LogP) is 2.22. The van der Waals surface area contributed by atoms with Gasteiger partial charge in [0.15, 0.2) is 0 Å². The summed E-state index contributed by atoms with van der Waals surface area (Å²) in [7, 11) is 1.58. The number of carbonyl (C=O) groups excluding carboxylic acids is 1. The molecule has 1 heterocycles. The SMILES string of the molecule is COc1cccc(/C=C/C(=O)Nc2nnc(CCC(=O)O)s2)c1. The monoisotopic (exact) mass is 333 g/mol. The molecule has 2 aromatic rings. The Morgan fingerprint density at radius 2 is 2.22 bits per heavy atom. The van der Waals surface area contributed by atoms with Crippen LogP contribution in [-0.2, 0) is 16.0 Å². The highest BCUT2D eigenvalue weighted by atomic mass is 32.1. The number of aliphatic carboxylic acids is 1. The van der Waals surface area contributed by atoms with Crippen molar-refractivity contribution in [3.05, 3.63) is 40.9 Å². The number of aryl methyl sites for hydroxylation is 1. The van der Waals surface area contributed by atoms with Gasteiger partial charge in [-0.25, -0.2) is 0 Å². The molecule has 1 aromatic heterocycles. The highest BCUT2D eigenvalue weighted by Crippen LogP contribution is 2.17. The van der Waals surface area contributed by atoms with Crippen molar-refractivity contribution in [3.63, 3.8) is 0 Å². The van der Waals surface area contributed by atoms with Gasteiger partial charge in [-0.2, -0.15) is 0 Å². The first-order chi connectivity index (χ1) is 11.1. The molecule has 1 aromatic carbocycles. The van der Waals surface area contributed by atoms with E-state index in [2.05, 4.69) is 15.5 Å². The number of amides is 1. The lowest BCUT2D eigenvalue weighted by Gasteiger charge is -2.00. The number of nitrogens with zero attached hydrogens (tertiary/aromatic N) is 2. The number of hydrogen-bond donors (Lipinski definition) is 2. The summed E-state index contributed by atoms with van der Waals surface area (Å²) < 4.78 is 5.11. The van der Waals surface area contributed by atoms with Crippen LogP contribution in [0.2, 0.25) is 0 Å². The Morgan fingerprint density at radius 1 is 1.39 bits per heavy atom. The van der Waals surface area contributed by atoms with Crippen molar-refractivity contribution >= 4 is 34.4 Å². The van der Waals surface area contributed by atoms with Crippen molar-refractivity contribution in [1.82, 2.24) is 10.2 Å². The molecule has 0 saturated carbocycles.